The first-order chi connectivity index (χ1) is 13.6. The molecule has 1 amide bonds. The fourth-order valence-corrected chi connectivity index (χ4v) is 5.03. The van der Waals surface area contributed by atoms with Crippen molar-refractivity contribution < 1.29 is 4.79 Å². The Morgan fingerprint density at radius 3 is 2.71 bits per heavy atom. The van der Waals surface area contributed by atoms with Crippen molar-refractivity contribution in [3.8, 4) is 5.69 Å². The summed E-state index contributed by atoms with van der Waals surface area (Å²) in [5, 5.41) is 7.90. The fraction of sp³-hybridized carbons (Fsp3) is 0.565. The number of aryl methyl sites for hydroxylation is 1. The van der Waals surface area contributed by atoms with Crippen LogP contribution in [0.15, 0.2) is 30.3 Å². The van der Waals surface area contributed by atoms with Crippen LogP contribution >= 0.6 is 0 Å². The smallest absolute Gasteiger partial charge is 0.224 e. The number of amides is 1. The molecule has 2 aliphatic heterocycles. The largest absolute Gasteiger partial charge is 0.355 e. The Morgan fingerprint density at radius 2 is 1.89 bits per heavy atom. The Hall–Kier alpha value is -2.14. The maximum atomic E-state index is 12.7. The molecule has 4 rings (SSSR count). The van der Waals surface area contributed by atoms with Crippen molar-refractivity contribution in [3.05, 3.63) is 47.3 Å². The second-order valence-corrected chi connectivity index (χ2v) is 8.38. The monoisotopic (exact) mass is 380 g/mol. The Bertz CT molecular complexity index is 812. The lowest BCUT2D eigenvalue weighted by Gasteiger charge is -2.44. The number of nitrogens with zero attached hydrogens (tertiary/aromatic N) is 3. The van der Waals surface area contributed by atoms with Crippen LogP contribution in [0.1, 0.15) is 49.1 Å². The molecule has 2 saturated heterocycles. The van der Waals surface area contributed by atoms with Crippen molar-refractivity contribution in [3.63, 3.8) is 0 Å². The van der Waals surface area contributed by atoms with Gasteiger partial charge in [-0.1, -0.05) is 24.6 Å². The molecule has 0 aliphatic carbocycles. The summed E-state index contributed by atoms with van der Waals surface area (Å²) >= 11 is 0. The minimum Gasteiger partial charge on any atom is -0.355 e. The number of carbonyl (C=O) groups is 1. The van der Waals surface area contributed by atoms with Gasteiger partial charge in [-0.3, -0.25) is 4.79 Å². The van der Waals surface area contributed by atoms with Crippen molar-refractivity contribution in [2.24, 2.45) is 5.92 Å². The van der Waals surface area contributed by atoms with Gasteiger partial charge < -0.3 is 10.2 Å². The van der Waals surface area contributed by atoms with Gasteiger partial charge in [0.25, 0.3) is 0 Å². The molecule has 0 bridgehead atoms. The maximum absolute atomic E-state index is 12.7. The van der Waals surface area contributed by atoms with E-state index in [0.29, 0.717) is 18.4 Å². The average Bonchev–Trinajstić information content (AvgIpc) is 3.01. The normalized spacial score (nSPS) is 22.6. The fourth-order valence-electron chi connectivity index (χ4n) is 5.03. The van der Waals surface area contributed by atoms with E-state index in [1.54, 1.807) is 0 Å². The second-order valence-electron chi connectivity index (χ2n) is 8.38. The van der Waals surface area contributed by atoms with Crippen molar-refractivity contribution in [1.29, 1.82) is 0 Å². The Kier molecular flexibility index (Phi) is 5.81. The Labute approximate surface area is 168 Å². The van der Waals surface area contributed by atoms with Gasteiger partial charge in [-0.25, -0.2) is 4.68 Å². The topological polar surface area (TPSA) is 50.2 Å². The number of fused-ring (bicyclic) bond motifs is 1. The van der Waals surface area contributed by atoms with Gasteiger partial charge in [0.2, 0.25) is 5.91 Å². The van der Waals surface area contributed by atoms with E-state index in [1.165, 1.54) is 45.2 Å². The molecule has 150 valence electrons. The van der Waals surface area contributed by atoms with Crippen molar-refractivity contribution in [2.45, 2.75) is 58.4 Å². The molecule has 0 saturated carbocycles. The summed E-state index contributed by atoms with van der Waals surface area (Å²) in [6, 6.07) is 10.8. The predicted octanol–water partition coefficient (Wildman–Crippen LogP) is 3.41. The van der Waals surface area contributed by atoms with Gasteiger partial charge in [-0.05, 0) is 70.7 Å². The number of carbonyl (C=O) groups excluding carboxylic acids is 1. The minimum absolute atomic E-state index is 0.117. The quantitative estimate of drug-likeness (QED) is 0.865. The van der Waals surface area contributed by atoms with E-state index < -0.39 is 0 Å². The van der Waals surface area contributed by atoms with Crippen LogP contribution in [0.5, 0.6) is 0 Å². The van der Waals surface area contributed by atoms with E-state index >= 15 is 0 Å². The minimum atomic E-state index is 0.117. The molecular formula is C23H32N4O. The van der Waals surface area contributed by atoms with Gasteiger partial charge in [-0.15, -0.1) is 0 Å². The van der Waals surface area contributed by atoms with Gasteiger partial charge >= 0.3 is 0 Å². The Morgan fingerprint density at radius 1 is 1.11 bits per heavy atom. The molecule has 1 aromatic heterocycles. The molecule has 0 radical (unpaired) electrons. The SMILES string of the molecule is Cc1nn(-c2ccccc2)c(C)c1CC(=O)NCC1CCCN2CCCCC12. The lowest BCUT2D eigenvalue weighted by atomic mass is 9.83. The van der Waals surface area contributed by atoms with Crippen molar-refractivity contribution in [2.75, 3.05) is 19.6 Å². The molecule has 0 spiro atoms. The third-order valence-corrected chi connectivity index (χ3v) is 6.57. The number of aromatic nitrogens is 2. The summed E-state index contributed by atoms with van der Waals surface area (Å²) in [5.41, 5.74) is 4.07. The van der Waals surface area contributed by atoms with Crippen LogP contribution in [-0.2, 0) is 11.2 Å². The molecule has 1 aromatic carbocycles. The lowest BCUT2D eigenvalue weighted by Crippen LogP contribution is -2.51. The molecule has 28 heavy (non-hydrogen) atoms. The molecule has 3 heterocycles. The summed E-state index contributed by atoms with van der Waals surface area (Å²) in [7, 11) is 0. The van der Waals surface area contributed by atoms with Gasteiger partial charge in [0.1, 0.15) is 0 Å². The predicted molar refractivity (Wildman–Crippen MR) is 112 cm³/mol. The van der Waals surface area contributed by atoms with Crippen LogP contribution in [0, 0.1) is 19.8 Å². The third kappa shape index (κ3) is 4.00. The van der Waals surface area contributed by atoms with Crippen LogP contribution in [-0.4, -0.2) is 46.3 Å². The molecule has 2 unspecified atom stereocenters. The number of para-hydroxylation sites is 1. The van der Waals surface area contributed by atoms with E-state index in [2.05, 4.69) is 22.2 Å². The van der Waals surface area contributed by atoms with Gasteiger partial charge in [-0.2, -0.15) is 5.10 Å². The number of piperidine rings is 2. The van der Waals surface area contributed by atoms with Crippen LogP contribution in [0.3, 0.4) is 0 Å². The molecule has 2 aromatic rings. The zero-order chi connectivity index (χ0) is 19.5. The van der Waals surface area contributed by atoms with E-state index in [9.17, 15) is 4.79 Å². The lowest BCUT2D eigenvalue weighted by molar-refractivity contribution is -0.120. The van der Waals surface area contributed by atoms with Gasteiger partial charge in [0, 0.05) is 23.8 Å². The van der Waals surface area contributed by atoms with Gasteiger partial charge in [0.15, 0.2) is 0 Å². The zero-order valence-electron chi connectivity index (χ0n) is 17.2. The maximum Gasteiger partial charge on any atom is 0.224 e. The molecule has 5 nitrogen and oxygen atoms in total. The first-order valence-corrected chi connectivity index (χ1v) is 10.7. The first-order valence-electron chi connectivity index (χ1n) is 10.7. The van der Waals surface area contributed by atoms with Crippen molar-refractivity contribution >= 4 is 5.91 Å². The highest BCUT2D eigenvalue weighted by atomic mass is 16.1. The molecular weight excluding hydrogens is 348 g/mol. The van der Waals surface area contributed by atoms with Crippen molar-refractivity contribution in [1.82, 2.24) is 20.0 Å². The summed E-state index contributed by atoms with van der Waals surface area (Å²) < 4.78 is 1.94. The summed E-state index contributed by atoms with van der Waals surface area (Å²) in [4.78, 5) is 15.4. The summed E-state index contributed by atoms with van der Waals surface area (Å²) in [5.74, 6) is 0.721. The van der Waals surface area contributed by atoms with Crippen LogP contribution in [0.25, 0.3) is 5.69 Å². The number of rotatable bonds is 5. The number of nitrogens with one attached hydrogen (secondary N) is 1. The molecule has 2 atom stereocenters. The first kappa shape index (κ1) is 19.2. The van der Waals surface area contributed by atoms with Gasteiger partial charge in [0.05, 0.1) is 17.8 Å². The zero-order valence-corrected chi connectivity index (χ0v) is 17.2. The standard InChI is InChI=1S/C23H32N4O/c1-17-21(18(2)27(25-17)20-10-4-3-5-11-20)15-23(28)24-16-19-9-8-14-26-13-7-6-12-22(19)26/h3-5,10-11,19,22H,6-9,12-16H2,1-2H3,(H,24,28). The Balaban J connectivity index is 1.38. The highest BCUT2D eigenvalue weighted by Gasteiger charge is 2.33. The van der Waals surface area contributed by atoms with Crippen LogP contribution < -0.4 is 5.32 Å². The second kappa shape index (κ2) is 8.48. The molecule has 2 aliphatic rings. The molecule has 1 N–H and O–H groups in total. The molecule has 5 heteroatoms. The van der Waals surface area contributed by atoms with E-state index in [0.717, 1.165) is 29.2 Å². The van der Waals surface area contributed by atoms with Crippen LogP contribution in [0.4, 0.5) is 0 Å². The van der Waals surface area contributed by atoms with E-state index in [1.807, 2.05) is 41.9 Å². The summed E-state index contributed by atoms with van der Waals surface area (Å²) in [6.07, 6.45) is 6.88. The van der Waals surface area contributed by atoms with E-state index in [4.69, 9.17) is 0 Å². The highest BCUT2D eigenvalue weighted by Crippen LogP contribution is 2.30. The molecule has 2 fully saturated rings. The average molecular weight is 381 g/mol. The number of benzene rings is 1. The number of hydrogen-bond donors (Lipinski definition) is 1. The van der Waals surface area contributed by atoms with Crippen LogP contribution in [0.2, 0.25) is 0 Å². The highest BCUT2D eigenvalue weighted by molar-refractivity contribution is 5.79. The third-order valence-electron chi connectivity index (χ3n) is 6.57. The summed E-state index contributed by atoms with van der Waals surface area (Å²) in [6.45, 7) is 7.34. The number of hydrogen-bond acceptors (Lipinski definition) is 3. The van der Waals surface area contributed by atoms with E-state index in [-0.39, 0.29) is 5.91 Å².